The van der Waals surface area contributed by atoms with Crippen LogP contribution in [0.15, 0.2) is 60.7 Å². The van der Waals surface area contributed by atoms with Crippen LogP contribution >= 0.6 is 0 Å². The first kappa shape index (κ1) is 12.1. The van der Waals surface area contributed by atoms with Crippen LogP contribution in [0.25, 0.3) is 0 Å². The molecule has 0 bridgehead atoms. The Hall–Kier alpha value is -2.36. The molecule has 0 aliphatic heterocycles. The zero-order chi connectivity index (χ0) is 12.8. The van der Waals surface area contributed by atoms with Crippen molar-refractivity contribution in [1.29, 1.82) is 0 Å². The van der Waals surface area contributed by atoms with Crippen molar-refractivity contribution < 1.29 is 4.92 Å². The average molecular weight is 242 g/mol. The molecule has 0 radical (unpaired) electrons. The van der Waals surface area contributed by atoms with E-state index in [0.717, 1.165) is 11.3 Å². The van der Waals surface area contributed by atoms with Crippen molar-refractivity contribution in [2.45, 2.75) is 6.54 Å². The highest BCUT2D eigenvalue weighted by Gasteiger charge is 2.12. The first-order chi connectivity index (χ1) is 8.75. The molecule has 4 heteroatoms. The predicted molar refractivity (Wildman–Crippen MR) is 70.9 cm³/mol. The lowest BCUT2D eigenvalue weighted by Gasteiger charge is -2.20. The largest absolute Gasteiger partial charge is 0.308 e. The minimum absolute atomic E-state index is 0.196. The van der Waals surface area contributed by atoms with Crippen LogP contribution in [0.2, 0.25) is 0 Å². The van der Waals surface area contributed by atoms with Crippen molar-refractivity contribution in [2.24, 2.45) is 0 Å². The van der Waals surface area contributed by atoms with Crippen LogP contribution < -0.4 is 4.90 Å². The molecule has 0 aliphatic carbocycles. The summed E-state index contributed by atoms with van der Waals surface area (Å²) in [6, 6.07) is 19.2. The fourth-order valence-corrected chi connectivity index (χ4v) is 1.80. The molecule has 0 aliphatic rings. The number of rotatable bonds is 5. The maximum atomic E-state index is 10.7. The number of hydrogen-bond donors (Lipinski definition) is 0. The zero-order valence-electron chi connectivity index (χ0n) is 9.90. The van der Waals surface area contributed by atoms with E-state index in [1.807, 2.05) is 60.7 Å². The van der Waals surface area contributed by atoms with Crippen LogP contribution in [0.1, 0.15) is 5.56 Å². The van der Waals surface area contributed by atoms with Gasteiger partial charge in [0.1, 0.15) is 0 Å². The van der Waals surface area contributed by atoms with Gasteiger partial charge in [-0.1, -0.05) is 48.5 Å². The molecule has 0 N–H and O–H groups in total. The van der Waals surface area contributed by atoms with E-state index in [1.165, 1.54) is 0 Å². The number of benzene rings is 2. The minimum Gasteiger partial charge on any atom is -0.308 e. The molecule has 2 aromatic carbocycles. The first-order valence-corrected chi connectivity index (χ1v) is 5.71. The van der Waals surface area contributed by atoms with Gasteiger partial charge in [-0.3, -0.25) is 10.1 Å². The van der Waals surface area contributed by atoms with Gasteiger partial charge in [-0.2, -0.15) is 0 Å². The van der Waals surface area contributed by atoms with Crippen molar-refractivity contribution >= 4 is 5.69 Å². The van der Waals surface area contributed by atoms with Crippen LogP contribution in [0.3, 0.4) is 0 Å². The molecule has 4 nitrogen and oxygen atoms in total. The summed E-state index contributed by atoms with van der Waals surface area (Å²) in [6.45, 7) is 0.338. The zero-order valence-corrected chi connectivity index (χ0v) is 9.90. The Morgan fingerprint density at radius 2 is 1.50 bits per heavy atom. The Balaban J connectivity index is 2.18. The van der Waals surface area contributed by atoms with E-state index in [2.05, 4.69) is 0 Å². The monoisotopic (exact) mass is 242 g/mol. The van der Waals surface area contributed by atoms with Crippen LogP contribution in [0, 0.1) is 10.1 Å². The van der Waals surface area contributed by atoms with Gasteiger partial charge >= 0.3 is 0 Å². The molecule has 0 atom stereocenters. The molecule has 0 unspecified atom stereocenters. The number of para-hydroxylation sites is 1. The van der Waals surface area contributed by atoms with Crippen LogP contribution in [-0.4, -0.2) is 11.6 Å². The third-order valence-corrected chi connectivity index (χ3v) is 2.62. The van der Waals surface area contributed by atoms with Gasteiger partial charge in [0, 0.05) is 17.2 Å². The van der Waals surface area contributed by atoms with Crippen LogP contribution in [-0.2, 0) is 6.54 Å². The molecular formula is C14H14N2O2. The molecule has 18 heavy (non-hydrogen) atoms. The molecule has 0 aromatic heterocycles. The maximum Gasteiger partial charge on any atom is 0.278 e. The normalized spacial score (nSPS) is 10.0. The van der Waals surface area contributed by atoms with Gasteiger partial charge in [-0.15, -0.1) is 0 Å². The Labute approximate surface area is 106 Å². The van der Waals surface area contributed by atoms with Gasteiger partial charge in [-0.05, 0) is 17.7 Å². The Kier molecular flexibility index (Phi) is 3.91. The lowest BCUT2D eigenvalue weighted by Crippen LogP contribution is -2.28. The molecular weight excluding hydrogens is 228 g/mol. The second-order valence-electron chi connectivity index (χ2n) is 3.99. The molecule has 0 amide bonds. The quantitative estimate of drug-likeness (QED) is 0.460. The summed E-state index contributed by atoms with van der Waals surface area (Å²) in [5.74, 6) is 0. The van der Waals surface area contributed by atoms with E-state index < -0.39 is 0 Å². The van der Waals surface area contributed by atoms with E-state index >= 15 is 0 Å². The van der Waals surface area contributed by atoms with Crippen molar-refractivity contribution in [1.82, 2.24) is 0 Å². The SMILES string of the molecule is O=[N+]([O-])CN(Cc1ccccc1)c1ccccc1. The van der Waals surface area contributed by atoms with E-state index in [0.29, 0.717) is 6.54 Å². The summed E-state index contributed by atoms with van der Waals surface area (Å²) in [5.41, 5.74) is 1.92. The van der Waals surface area contributed by atoms with Gasteiger partial charge in [0.25, 0.3) is 6.67 Å². The summed E-state index contributed by atoms with van der Waals surface area (Å²) in [5, 5.41) is 10.7. The lowest BCUT2D eigenvalue weighted by atomic mass is 10.2. The molecule has 0 heterocycles. The maximum absolute atomic E-state index is 10.7. The number of hydrogen-bond acceptors (Lipinski definition) is 3. The predicted octanol–water partition coefficient (Wildman–Crippen LogP) is 2.93. The molecule has 0 saturated carbocycles. The number of anilines is 1. The van der Waals surface area contributed by atoms with Gasteiger partial charge in [0.2, 0.25) is 0 Å². The Morgan fingerprint density at radius 3 is 2.06 bits per heavy atom. The Morgan fingerprint density at radius 1 is 0.944 bits per heavy atom. The smallest absolute Gasteiger partial charge is 0.278 e. The highest BCUT2D eigenvalue weighted by molar-refractivity contribution is 5.46. The average Bonchev–Trinajstić information content (AvgIpc) is 2.40. The molecule has 92 valence electrons. The van der Waals surface area contributed by atoms with Gasteiger partial charge in [-0.25, -0.2) is 0 Å². The summed E-state index contributed by atoms with van der Waals surface area (Å²) < 4.78 is 0. The van der Waals surface area contributed by atoms with Crippen molar-refractivity contribution in [3.63, 3.8) is 0 Å². The fourth-order valence-electron chi connectivity index (χ4n) is 1.80. The van der Waals surface area contributed by atoms with Gasteiger partial charge < -0.3 is 4.90 Å². The van der Waals surface area contributed by atoms with Crippen LogP contribution in [0.4, 0.5) is 5.69 Å². The van der Waals surface area contributed by atoms with E-state index in [9.17, 15) is 10.1 Å². The van der Waals surface area contributed by atoms with Crippen molar-refractivity contribution in [3.8, 4) is 0 Å². The Bertz CT molecular complexity index is 500. The standard InChI is InChI=1S/C14H14N2O2/c17-16(18)12-15(14-9-5-2-6-10-14)11-13-7-3-1-4-8-13/h1-10H,11-12H2. The molecule has 2 aromatic rings. The van der Waals surface area contributed by atoms with Crippen molar-refractivity contribution in [2.75, 3.05) is 11.6 Å². The molecule has 2 rings (SSSR count). The highest BCUT2D eigenvalue weighted by atomic mass is 16.6. The van der Waals surface area contributed by atoms with E-state index in [4.69, 9.17) is 0 Å². The van der Waals surface area contributed by atoms with Gasteiger partial charge in [0.15, 0.2) is 0 Å². The van der Waals surface area contributed by atoms with Gasteiger partial charge in [0.05, 0.1) is 0 Å². The van der Waals surface area contributed by atoms with E-state index in [1.54, 1.807) is 4.90 Å². The highest BCUT2D eigenvalue weighted by Crippen LogP contribution is 2.16. The van der Waals surface area contributed by atoms with Crippen molar-refractivity contribution in [3.05, 3.63) is 76.3 Å². The topological polar surface area (TPSA) is 46.4 Å². The number of nitro groups is 1. The number of nitrogens with zero attached hydrogens (tertiary/aromatic N) is 2. The van der Waals surface area contributed by atoms with E-state index in [-0.39, 0.29) is 11.6 Å². The summed E-state index contributed by atoms with van der Waals surface area (Å²) in [6.07, 6.45) is 0. The molecule has 0 spiro atoms. The minimum atomic E-state index is -0.310. The second kappa shape index (κ2) is 5.82. The van der Waals surface area contributed by atoms with Crippen LogP contribution in [0.5, 0.6) is 0 Å². The second-order valence-corrected chi connectivity index (χ2v) is 3.99. The summed E-state index contributed by atoms with van der Waals surface area (Å²) in [7, 11) is 0. The molecule has 0 saturated heterocycles. The summed E-state index contributed by atoms with van der Waals surface area (Å²) >= 11 is 0. The lowest BCUT2D eigenvalue weighted by molar-refractivity contribution is -0.479. The molecule has 0 fully saturated rings. The summed E-state index contributed by atoms with van der Waals surface area (Å²) in [4.78, 5) is 12.2. The third-order valence-electron chi connectivity index (χ3n) is 2.62. The third kappa shape index (κ3) is 3.31. The first-order valence-electron chi connectivity index (χ1n) is 5.71. The fraction of sp³-hybridized carbons (Fsp3) is 0.143.